The lowest BCUT2D eigenvalue weighted by molar-refractivity contribution is 0.221. The molecule has 0 saturated heterocycles. The van der Waals surface area contributed by atoms with Crippen molar-refractivity contribution in [2.75, 3.05) is 13.2 Å². The van der Waals surface area contributed by atoms with E-state index >= 15 is 0 Å². The lowest BCUT2D eigenvalue weighted by Gasteiger charge is -2.11. The Hall–Kier alpha value is -0.670. The van der Waals surface area contributed by atoms with Gasteiger partial charge in [-0.2, -0.15) is 4.76 Å². The number of halogens is 1. The summed E-state index contributed by atoms with van der Waals surface area (Å²) in [7, 11) is -3.35. The van der Waals surface area contributed by atoms with Gasteiger partial charge in [0.25, 0.3) is 0 Å². The molecule has 0 atom stereocenters. The maximum atomic E-state index is 12.0. The van der Waals surface area contributed by atoms with Crippen molar-refractivity contribution in [2.45, 2.75) is 20.3 Å². The molecule has 0 bridgehead atoms. The highest BCUT2D eigenvalue weighted by atomic mass is 35.5. The van der Waals surface area contributed by atoms with Crippen LogP contribution in [0.15, 0.2) is 29.0 Å². The van der Waals surface area contributed by atoms with Gasteiger partial charge in [0.1, 0.15) is 0 Å². The van der Waals surface area contributed by atoms with Crippen LogP contribution in [-0.2, 0) is 20.0 Å². The lowest BCUT2D eigenvalue weighted by Crippen LogP contribution is -1.95. The fourth-order valence-electron chi connectivity index (χ4n) is 1.33. The molecule has 6 heteroatoms. The summed E-state index contributed by atoms with van der Waals surface area (Å²) in [6, 6.07) is 7.43. The van der Waals surface area contributed by atoms with Crippen LogP contribution in [0.25, 0.3) is 0 Å². The average molecular weight is 290 g/mol. The molecular formula is C12H17ClNO3P. The Bertz CT molecular complexity index is 441. The molecule has 0 saturated carbocycles. The van der Waals surface area contributed by atoms with Crippen molar-refractivity contribution in [1.29, 1.82) is 0 Å². The van der Waals surface area contributed by atoms with Gasteiger partial charge in [-0.1, -0.05) is 29.8 Å². The van der Waals surface area contributed by atoms with Crippen LogP contribution < -0.4 is 0 Å². The summed E-state index contributed by atoms with van der Waals surface area (Å²) in [5.41, 5.74) is 0.919. The topological polar surface area (TPSA) is 47.9 Å². The summed E-state index contributed by atoms with van der Waals surface area (Å²) in [4.78, 5) is 0. The number of rotatable bonds is 7. The summed E-state index contributed by atoms with van der Waals surface area (Å²) in [6.07, 6.45) is 2.01. The van der Waals surface area contributed by atoms with Crippen LogP contribution in [-0.4, -0.2) is 19.4 Å². The summed E-state index contributed by atoms with van der Waals surface area (Å²) >= 11 is 6.00. The van der Waals surface area contributed by atoms with E-state index < -0.39 is 7.75 Å². The average Bonchev–Trinajstić information content (AvgIpc) is 2.32. The molecule has 0 N–H and O–H groups in total. The highest BCUT2D eigenvalue weighted by Crippen LogP contribution is 2.49. The van der Waals surface area contributed by atoms with Crippen LogP contribution in [0.3, 0.4) is 0 Å². The van der Waals surface area contributed by atoms with Crippen molar-refractivity contribution >= 4 is 25.6 Å². The Balaban J connectivity index is 2.68. The molecule has 0 heterocycles. The van der Waals surface area contributed by atoms with Crippen molar-refractivity contribution in [1.82, 2.24) is 0 Å². The smallest absolute Gasteiger partial charge is 0.291 e. The van der Waals surface area contributed by atoms with E-state index in [9.17, 15) is 4.57 Å². The second kappa shape index (κ2) is 7.70. The first-order chi connectivity index (χ1) is 8.61. The molecule has 0 aliphatic carbocycles. The Morgan fingerprint density at radius 2 is 1.89 bits per heavy atom. The monoisotopic (exact) mass is 289 g/mol. The molecule has 18 heavy (non-hydrogen) atoms. The van der Waals surface area contributed by atoms with E-state index in [1.165, 1.54) is 6.21 Å². The summed E-state index contributed by atoms with van der Waals surface area (Å²) in [5.74, 6) is 0. The molecule has 4 nitrogen and oxygen atoms in total. The number of hydrogen-bond acceptors (Lipinski definition) is 3. The first-order valence-electron chi connectivity index (χ1n) is 5.78. The second-order valence-electron chi connectivity index (χ2n) is 3.40. The third-order valence-electron chi connectivity index (χ3n) is 2.08. The molecule has 1 rings (SSSR count). The standard InChI is InChI=1S/C12H17ClNO3P/c1-3-16-18(15,17-4-2)14-10-9-11-7-5-6-8-12(11)13/h5-8,10H,3-4,9H2,1-2H3. The normalized spacial score (nSPS) is 12.2. The number of nitrogens with zero attached hydrogens (tertiary/aromatic N) is 1. The zero-order valence-electron chi connectivity index (χ0n) is 10.5. The highest BCUT2D eigenvalue weighted by molar-refractivity contribution is 7.52. The van der Waals surface area contributed by atoms with Crippen molar-refractivity contribution in [3.63, 3.8) is 0 Å². The predicted molar refractivity (Wildman–Crippen MR) is 74.5 cm³/mol. The molecule has 0 fully saturated rings. The lowest BCUT2D eigenvalue weighted by atomic mass is 10.2. The molecule has 0 spiro atoms. The molecule has 0 aromatic heterocycles. The van der Waals surface area contributed by atoms with E-state index in [2.05, 4.69) is 4.76 Å². The maximum absolute atomic E-state index is 12.0. The fourth-order valence-corrected chi connectivity index (χ4v) is 2.69. The Labute approximate surface area is 113 Å². The molecular weight excluding hydrogens is 273 g/mol. The highest BCUT2D eigenvalue weighted by Gasteiger charge is 2.20. The van der Waals surface area contributed by atoms with Crippen molar-refractivity contribution in [2.24, 2.45) is 4.76 Å². The first kappa shape index (κ1) is 15.4. The van der Waals surface area contributed by atoms with E-state index in [1.54, 1.807) is 19.9 Å². The van der Waals surface area contributed by atoms with Crippen LogP contribution in [0.4, 0.5) is 0 Å². The predicted octanol–water partition coefficient (Wildman–Crippen LogP) is 4.13. The van der Waals surface area contributed by atoms with Crippen molar-refractivity contribution in [3.05, 3.63) is 34.9 Å². The summed E-state index contributed by atoms with van der Waals surface area (Å²) in [6.45, 7) is 4.08. The fraction of sp³-hybridized carbons (Fsp3) is 0.417. The molecule has 1 aromatic carbocycles. The van der Waals surface area contributed by atoms with Gasteiger partial charge in [-0.25, -0.2) is 4.57 Å². The molecule has 0 aliphatic rings. The van der Waals surface area contributed by atoms with Crippen molar-refractivity contribution in [3.8, 4) is 0 Å². The first-order valence-corrected chi connectivity index (χ1v) is 7.65. The van der Waals surface area contributed by atoms with Gasteiger partial charge in [-0.3, -0.25) is 9.05 Å². The SMILES string of the molecule is CCOP(=O)(N=CCc1ccccc1Cl)OCC. The minimum Gasteiger partial charge on any atom is -0.291 e. The van der Waals surface area contributed by atoms with Gasteiger partial charge in [-0.15, -0.1) is 0 Å². The molecule has 0 radical (unpaired) electrons. The van der Waals surface area contributed by atoms with Crippen molar-refractivity contribution < 1.29 is 13.6 Å². The Morgan fingerprint density at radius 1 is 1.28 bits per heavy atom. The van der Waals surface area contributed by atoms with Crippen LogP contribution in [0.2, 0.25) is 5.02 Å². The van der Waals surface area contributed by atoms with Gasteiger partial charge < -0.3 is 0 Å². The molecule has 100 valence electrons. The zero-order chi connectivity index (χ0) is 13.4. The van der Waals surface area contributed by atoms with E-state index in [0.717, 1.165) is 5.56 Å². The summed E-state index contributed by atoms with van der Waals surface area (Å²) < 4.78 is 26.0. The van der Waals surface area contributed by atoms with Gasteiger partial charge in [0, 0.05) is 17.7 Å². The molecule has 0 aliphatic heterocycles. The van der Waals surface area contributed by atoms with Crippen LogP contribution >= 0.6 is 19.3 Å². The van der Waals surface area contributed by atoms with Gasteiger partial charge in [0.05, 0.1) is 13.2 Å². The van der Waals surface area contributed by atoms with E-state index in [-0.39, 0.29) is 0 Å². The number of hydrogen-bond donors (Lipinski definition) is 0. The van der Waals surface area contributed by atoms with Crippen LogP contribution in [0.5, 0.6) is 0 Å². The Morgan fingerprint density at radius 3 is 2.44 bits per heavy atom. The Kier molecular flexibility index (Phi) is 6.58. The number of benzene rings is 1. The largest absolute Gasteiger partial charge is 0.453 e. The molecule has 1 aromatic rings. The minimum absolute atomic E-state index is 0.292. The molecule has 0 amide bonds. The minimum atomic E-state index is -3.35. The van der Waals surface area contributed by atoms with Gasteiger partial charge in [0.15, 0.2) is 0 Å². The maximum Gasteiger partial charge on any atom is 0.453 e. The van der Waals surface area contributed by atoms with Gasteiger partial charge in [-0.05, 0) is 25.5 Å². The quantitative estimate of drug-likeness (QED) is 0.560. The summed E-state index contributed by atoms with van der Waals surface area (Å²) in [5, 5.41) is 0.659. The van der Waals surface area contributed by atoms with E-state index in [1.807, 2.05) is 18.2 Å². The van der Waals surface area contributed by atoms with Gasteiger partial charge in [0.2, 0.25) is 0 Å². The zero-order valence-corrected chi connectivity index (χ0v) is 12.2. The van der Waals surface area contributed by atoms with Gasteiger partial charge >= 0.3 is 7.75 Å². The third-order valence-corrected chi connectivity index (χ3v) is 4.06. The van der Waals surface area contributed by atoms with Crippen LogP contribution in [0, 0.1) is 0 Å². The molecule has 0 unspecified atom stereocenters. The van der Waals surface area contributed by atoms with E-state index in [0.29, 0.717) is 24.7 Å². The van der Waals surface area contributed by atoms with Crippen LogP contribution in [0.1, 0.15) is 19.4 Å². The second-order valence-corrected chi connectivity index (χ2v) is 5.49. The van der Waals surface area contributed by atoms with E-state index in [4.69, 9.17) is 20.6 Å². The third kappa shape index (κ3) is 4.91.